The van der Waals surface area contributed by atoms with Crippen LogP contribution in [0, 0.1) is 0 Å². The first-order valence-corrected chi connectivity index (χ1v) is 6.77. The van der Waals surface area contributed by atoms with Gasteiger partial charge in [-0.25, -0.2) is 0 Å². The highest BCUT2D eigenvalue weighted by Crippen LogP contribution is 2.17. The Labute approximate surface area is 122 Å². The molecule has 1 aromatic carbocycles. The molecule has 2 amide bonds. The number of aromatic amines is 1. The highest BCUT2D eigenvalue weighted by atomic mass is 16.5. The van der Waals surface area contributed by atoms with Gasteiger partial charge in [0.05, 0.1) is 6.61 Å². The van der Waals surface area contributed by atoms with Gasteiger partial charge in [-0.15, -0.1) is 0 Å². The van der Waals surface area contributed by atoms with E-state index in [9.17, 15) is 9.59 Å². The molecule has 1 heterocycles. The second kappa shape index (κ2) is 6.90. The number of aromatic nitrogens is 1. The number of nitrogens with one attached hydrogen (secondary N) is 3. The number of rotatable bonds is 6. The number of carbonyl (C=O) groups excluding carboxylic acids is 2. The summed E-state index contributed by atoms with van der Waals surface area (Å²) < 4.78 is 4.86. The summed E-state index contributed by atoms with van der Waals surface area (Å²) in [5, 5.41) is 6.22. The van der Waals surface area contributed by atoms with E-state index in [0.717, 1.165) is 10.9 Å². The zero-order valence-corrected chi connectivity index (χ0v) is 12.1. The van der Waals surface area contributed by atoms with E-state index in [0.29, 0.717) is 18.7 Å². The van der Waals surface area contributed by atoms with E-state index in [1.807, 2.05) is 12.1 Å². The normalized spacial score (nSPS) is 12.1. The Balaban J connectivity index is 2.01. The fourth-order valence-corrected chi connectivity index (χ4v) is 2.05. The van der Waals surface area contributed by atoms with Crippen molar-refractivity contribution in [2.24, 2.45) is 0 Å². The minimum atomic E-state index is -0.608. The maximum absolute atomic E-state index is 12.3. The van der Waals surface area contributed by atoms with Crippen LogP contribution in [0.25, 0.3) is 10.9 Å². The Bertz CT molecular complexity index is 636. The van der Waals surface area contributed by atoms with Crippen molar-refractivity contribution in [1.82, 2.24) is 15.6 Å². The quantitative estimate of drug-likeness (QED) is 0.695. The summed E-state index contributed by atoms with van der Waals surface area (Å²) in [4.78, 5) is 27.1. The molecule has 1 unspecified atom stereocenters. The number of hydrogen-bond donors (Lipinski definition) is 3. The highest BCUT2D eigenvalue weighted by molar-refractivity contribution is 6.07. The van der Waals surface area contributed by atoms with Crippen LogP contribution in [0.5, 0.6) is 0 Å². The van der Waals surface area contributed by atoms with Gasteiger partial charge < -0.3 is 20.4 Å². The third kappa shape index (κ3) is 3.61. The lowest BCUT2D eigenvalue weighted by atomic mass is 10.1. The molecule has 6 heteroatoms. The maximum atomic E-state index is 12.3. The van der Waals surface area contributed by atoms with Gasteiger partial charge in [-0.2, -0.15) is 0 Å². The molecule has 0 fully saturated rings. The Morgan fingerprint density at radius 1 is 1.33 bits per heavy atom. The van der Waals surface area contributed by atoms with Crippen LogP contribution in [0.3, 0.4) is 0 Å². The van der Waals surface area contributed by atoms with Crippen LogP contribution in [0.1, 0.15) is 17.3 Å². The van der Waals surface area contributed by atoms with Crippen LogP contribution in [-0.4, -0.2) is 43.1 Å². The predicted octanol–water partition coefficient (Wildman–Crippen LogP) is 1.05. The molecule has 0 bridgehead atoms. The van der Waals surface area contributed by atoms with Gasteiger partial charge in [-0.05, 0) is 25.1 Å². The van der Waals surface area contributed by atoms with Crippen molar-refractivity contribution in [3.05, 3.63) is 36.0 Å². The lowest BCUT2D eigenvalue weighted by Crippen LogP contribution is -2.45. The monoisotopic (exact) mass is 289 g/mol. The molecule has 0 radical (unpaired) electrons. The molecule has 0 saturated carbocycles. The van der Waals surface area contributed by atoms with Crippen molar-refractivity contribution >= 4 is 22.7 Å². The Hall–Kier alpha value is -2.34. The second-order valence-corrected chi connectivity index (χ2v) is 4.72. The predicted molar refractivity (Wildman–Crippen MR) is 80.1 cm³/mol. The molecule has 1 atom stereocenters. The zero-order valence-electron chi connectivity index (χ0n) is 12.1. The van der Waals surface area contributed by atoms with Gasteiger partial charge in [0.1, 0.15) is 6.04 Å². The number of ether oxygens (including phenoxy) is 1. The minimum absolute atomic E-state index is 0.235. The Morgan fingerprint density at radius 2 is 2.14 bits per heavy atom. The molecule has 1 aromatic heterocycles. The molecule has 0 aliphatic heterocycles. The summed E-state index contributed by atoms with van der Waals surface area (Å²) in [6, 6.07) is 6.67. The van der Waals surface area contributed by atoms with E-state index in [2.05, 4.69) is 15.6 Å². The molecular weight excluding hydrogens is 270 g/mol. The van der Waals surface area contributed by atoms with Crippen LogP contribution in [0.2, 0.25) is 0 Å². The fourth-order valence-electron chi connectivity index (χ4n) is 2.05. The van der Waals surface area contributed by atoms with E-state index >= 15 is 0 Å². The molecule has 0 saturated heterocycles. The first-order chi connectivity index (χ1) is 10.1. The van der Waals surface area contributed by atoms with E-state index < -0.39 is 6.04 Å². The van der Waals surface area contributed by atoms with Gasteiger partial charge in [-0.1, -0.05) is 6.07 Å². The largest absolute Gasteiger partial charge is 0.383 e. The Morgan fingerprint density at radius 3 is 2.90 bits per heavy atom. The second-order valence-electron chi connectivity index (χ2n) is 4.72. The lowest BCUT2D eigenvalue weighted by Gasteiger charge is -2.14. The molecule has 2 aromatic rings. The van der Waals surface area contributed by atoms with Gasteiger partial charge in [0, 0.05) is 36.3 Å². The molecular formula is C15H19N3O3. The average molecular weight is 289 g/mol. The number of fused-ring (bicyclic) bond motifs is 1. The van der Waals surface area contributed by atoms with Gasteiger partial charge in [0.15, 0.2) is 0 Å². The van der Waals surface area contributed by atoms with Crippen LogP contribution < -0.4 is 10.6 Å². The molecule has 112 valence electrons. The molecule has 0 spiro atoms. The van der Waals surface area contributed by atoms with Crippen molar-refractivity contribution in [3.8, 4) is 0 Å². The number of carbonyl (C=O) groups is 2. The van der Waals surface area contributed by atoms with Gasteiger partial charge in [0.2, 0.25) is 5.91 Å². The minimum Gasteiger partial charge on any atom is -0.383 e. The first-order valence-electron chi connectivity index (χ1n) is 6.77. The van der Waals surface area contributed by atoms with Crippen molar-refractivity contribution in [1.29, 1.82) is 0 Å². The highest BCUT2D eigenvalue weighted by Gasteiger charge is 2.17. The van der Waals surface area contributed by atoms with E-state index in [-0.39, 0.29) is 11.8 Å². The number of methoxy groups -OCH3 is 1. The standard InChI is InChI=1S/C15H19N3O3/c1-10(14(19)17-8-9-21-2)18-15(20)12-4-3-5-13-11(12)6-7-16-13/h3-7,10,16H,8-9H2,1-2H3,(H,17,19)(H,18,20). The topological polar surface area (TPSA) is 83.2 Å². The van der Waals surface area contributed by atoms with Crippen molar-refractivity contribution < 1.29 is 14.3 Å². The number of amides is 2. The molecule has 2 rings (SSSR count). The smallest absolute Gasteiger partial charge is 0.252 e. The van der Waals surface area contributed by atoms with Gasteiger partial charge in [-0.3, -0.25) is 9.59 Å². The molecule has 0 aliphatic rings. The summed E-state index contributed by atoms with van der Waals surface area (Å²) in [6.45, 7) is 2.51. The van der Waals surface area contributed by atoms with Crippen molar-refractivity contribution in [2.75, 3.05) is 20.3 Å². The number of H-pyrrole nitrogens is 1. The molecule has 0 aliphatic carbocycles. The van der Waals surface area contributed by atoms with Crippen LogP contribution >= 0.6 is 0 Å². The van der Waals surface area contributed by atoms with E-state index in [4.69, 9.17) is 4.74 Å². The third-order valence-corrected chi connectivity index (χ3v) is 3.19. The Kier molecular flexibility index (Phi) is 4.94. The summed E-state index contributed by atoms with van der Waals surface area (Å²) >= 11 is 0. The molecule has 3 N–H and O–H groups in total. The van der Waals surface area contributed by atoms with Crippen LogP contribution in [0.15, 0.2) is 30.5 Å². The average Bonchev–Trinajstić information content (AvgIpc) is 2.95. The van der Waals surface area contributed by atoms with Crippen molar-refractivity contribution in [3.63, 3.8) is 0 Å². The third-order valence-electron chi connectivity index (χ3n) is 3.19. The first kappa shape index (κ1) is 15.1. The maximum Gasteiger partial charge on any atom is 0.252 e. The van der Waals surface area contributed by atoms with E-state index in [1.54, 1.807) is 32.4 Å². The molecule has 21 heavy (non-hydrogen) atoms. The SMILES string of the molecule is COCCNC(=O)C(C)NC(=O)c1cccc2[nH]ccc12. The summed E-state index contributed by atoms with van der Waals surface area (Å²) in [5.41, 5.74) is 1.44. The summed E-state index contributed by atoms with van der Waals surface area (Å²) in [7, 11) is 1.56. The van der Waals surface area contributed by atoms with Crippen molar-refractivity contribution in [2.45, 2.75) is 13.0 Å². The lowest BCUT2D eigenvalue weighted by molar-refractivity contribution is -0.122. The van der Waals surface area contributed by atoms with Crippen LogP contribution in [0.4, 0.5) is 0 Å². The number of hydrogen-bond acceptors (Lipinski definition) is 3. The summed E-state index contributed by atoms with van der Waals surface area (Å²) in [5.74, 6) is -0.503. The van der Waals surface area contributed by atoms with Gasteiger partial charge in [0.25, 0.3) is 5.91 Å². The molecule has 6 nitrogen and oxygen atoms in total. The fraction of sp³-hybridized carbons (Fsp3) is 0.333. The zero-order chi connectivity index (χ0) is 15.2. The number of benzene rings is 1. The van der Waals surface area contributed by atoms with Crippen LogP contribution in [-0.2, 0) is 9.53 Å². The van der Waals surface area contributed by atoms with Gasteiger partial charge >= 0.3 is 0 Å². The summed E-state index contributed by atoms with van der Waals surface area (Å²) in [6.07, 6.45) is 1.78. The van der Waals surface area contributed by atoms with E-state index in [1.165, 1.54) is 0 Å².